The summed E-state index contributed by atoms with van der Waals surface area (Å²) >= 11 is 5.42. The van der Waals surface area contributed by atoms with Gasteiger partial charge in [-0.15, -0.1) is 11.8 Å². The van der Waals surface area contributed by atoms with Crippen molar-refractivity contribution in [3.63, 3.8) is 0 Å². The number of hydrogen-bond acceptors (Lipinski definition) is 6. The van der Waals surface area contributed by atoms with E-state index in [9.17, 15) is 19.5 Å². The first-order chi connectivity index (χ1) is 18.7. The molecule has 10 heteroatoms. The first-order valence-corrected chi connectivity index (χ1v) is 16.1. The molecule has 3 aliphatic rings. The van der Waals surface area contributed by atoms with Crippen LogP contribution in [0.2, 0.25) is 0 Å². The van der Waals surface area contributed by atoms with Crippen LogP contribution in [0.4, 0.5) is 5.69 Å². The monoisotopic (exact) mass is 623 g/mol. The number of anilines is 1. The fourth-order valence-corrected chi connectivity index (χ4v) is 10.1. The van der Waals surface area contributed by atoms with E-state index in [-0.39, 0.29) is 40.3 Å². The fraction of sp³-hybridized carbons (Fsp3) is 0.690. The maximum Gasteiger partial charge on any atom is 0.244 e. The predicted molar refractivity (Wildman–Crippen MR) is 158 cm³/mol. The number of ether oxygens (including phenoxy) is 1. The van der Waals surface area contributed by atoms with Gasteiger partial charge in [-0.25, -0.2) is 0 Å². The molecule has 0 radical (unpaired) electrons. The number of thioether (sulfide) groups is 1. The summed E-state index contributed by atoms with van der Waals surface area (Å²) in [5.74, 6) is -1.08. The van der Waals surface area contributed by atoms with Crippen molar-refractivity contribution in [2.75, 3.05) is 25.1 Å². The predicted octanol–water partition coefficient (Wildman–Crippen LogP) is 4.20. The van der Waals surface area contributed by atoms with Gasteiger partial charge >= 0.3 is 0 Å². The second-order valence-electron chi connectivity index (χ2n) is 11.0. The van der Waals surface area contributed by atoms with Crippen molar-refractivity contribution < 1.29 is 24.2 Å². The summed E-state index contributed by atoms with van der Waals surface area (Å²) in [6.07, 6.45) is 4.31. The molecule has 3 fully saturated rings. The second kappa shape index (κ2) is 12.8. The SMILES string of the molecule is CCCCCNC(=O)C1N([C@@H](CO)[C@@H](C)CC)C(=O)[C@@H]2[C@H](C(=O)Nc3ccc(OCC)cc3)[C@H]3SC12CC3Br. The molecule has 2 bridgehead atoms. The number of fused-ring (bicyclic) bond motifs is 1. The third-order valence-electron chi connectivity index (χ3n) is 8.64. The van der Waals surface area contributed by atoms with Crippen molar-refractivity contribution in [2.45, 2.75) is 86.7 Å². The van der Waals surface area contributed by atoms with E-state index in [0.717, 1.165) is 31.4 Å². The molecule has 3 aliphatic heterocycles. The van der Waals surface area contributed by atoms with Crippen LogP contribution in [-0.4, -0.2) is 74.4 Å². The molecular weight excluding hydrogens is 582 g/mol. The summed E-state index contributed by atoms with van der Waals surface area (Å²) < 4.78 is 4.78. The molecule has 3 heterocycles. The van der Waals surface area contributed by atoms with Gasteiger partial charge < -0.3 is 25.4 Å². The van der Waals surface area contributed by atoms with Crippen molar-refractivity contribution in [3.8, 4) is 5.75 Å². The van der Waals surface area contributed by atoms with Crippen molar-refractivity contribution in [3.05, 3.63) is 24.3 Å². The minimum atomic E-state index is -0.735. The summed E-state index contributed by atoms with van der Waals surface area (Å²) in [5.41, 5.74) is 0.636. The lowest BCUT2D eigenvalue weighted by molar-refractivity contribution is -0.143. The number of halogens is 1. The summed E-state index contributed by atoms with van der Waals surface area (Å²) in [7, 11) is 0. The third-order valence-corrected chi connectivity index (χ3v) is 11.9. The number of benzene rings is 1. The molecule has 3 unspecified atom stereocenters. The number of rotatable bonds is 13. The van der Waals surface area contributed by atoms with Crippen LogP contribution in [0.3, 0.4) is 0 Å². The molecule has 0 aromatic heterocycles. The van der Waals surface area contributed by atoms with Crippen molar-refractivity contribution in [1.29, 1.82) is 0 Å². The molecule has 0 aliphatic carbocycles. The van der Waals surface area contributed by atoms with Crippen LogP contribution >= 0.6 is 27.7 Å². The molecule has 1 aromatic rings. The van der Waals surface area contributed by atoms with Crippen LogP contribution in [-0.2, 0) is 14.4 Å². The Morgan fingerprint density at radius 2 is 1.92 bits per heavy atom. The lowest BCUT2D eigenvalue weighted by Crippen LogP contribution is -2.58. The average molecular weight is 625 g/mol. The molecule has 1 aromatic carbocycles. The molecule has 8 atom stereocenters. The normalized spacial score (nSPS) is 30.7. The van der Waals surface area contributed by atoms with Gasteiger partial charge in [0, 0.05) is 22.3 Å². The zero-order valence-electron chi connectivity index (χ0n) is 23.3. The molecule has 8 nitrogen and oxygen atoms in total. The van der Waals surface area contributed by atoms with Gasteiger partial charge in [0.25, 0.3) is 0 Å². The smallest absolute Gasteiger partial charge is 0.244 e. The van der Waals surface area contributed by atoms with E-state index in [1.165, 1.54) is 0 Å². The van der Waals surface area contributed by atoms with E-state index in [1.54, 1.807) is 28.8 Å². The van der Waals surface area contributed by atoms with E-state index >= 15 is 0 Å². The quantitative estimate of drug-likeness (QED) is 0.224. The maximum absolute atomic E-state index is 14.3. The van der Waals surface area contributed by atoms with Gasteiger partial charge in [0.05, 0.1) is 35.8 Å². The number of likely N-dealkylation sites (tertiary alicyclic amines) is 1. The standard InChI is InChI=1S/C29H42BrN3O5S/c1-5-8-9-14-31-27(36)25-29-15-20(30)24(39-29)22(23(29)28(37)33(25)21(16-34)17(4)6-2)26(35)32-18-10-12-19(13-11-18)38-7-3/h10-13,17,20-25,34H,5-9,14-16H2,1-4H3,(H,31,36)(H,32,35)/t17-,20?,21-,22-,23-,24-,25?,29?/m0/s1. The average Bonchev–Trinajstić information content (AvgIpc) is 3.51. The van der Waals surface area contributed by atoms with Gasteiger partial charge in [-0.1, -0.05) is 56.0 Å². The number of hydrogen-bond donors (Lipinski definition) is 3. The van der Waals surface area contributed by atoms with Gasteiger partial charge in [-0.3, -0.25) is 14.4 Å². The summed E-state index contributed by atoms with van der Waals surface area (Å²) in [6, 6.07) is 5.99. The molecule has 216 valence electrons. The Labute approximate surface area is 244 Å². The number of aliphatic hydroxyl groups excluding tert-OH is 1. The number of alkyl halides is 1. The van der Waals surface area contributed by atoms with Crippen LogP contribution in [0.1, 0.15) is 59.8 Å². The summed E-state index contributed by atoms with van der Waals surface area (Å²) in [4.78, 5) is 43.6. The van der Waals surface area contributed by atoms with E-state index in [4.69, 9.17) is 4.74 Å². The van der Waals surface area contributed by atoms with Gasteiger partial charge in [-0.05, 0) is 49.9 Å². The van der Waals surface area contributed by atoms with Crippen LogP contribution in [0.15, 0.2) is 24.3 Å². The zero-order chi connectivity index (χ0) is 28.3. The summed E-state index contributed by atoms with van der Waals surface area (Å²) in [5, 5.41) is 16.4. The van der Waals surface area contributed by atoms with Gasteiger partial charge in [0.15, 0.2) is 0 Å². The highest BCUT2D eigenvalue weighted by Gasteiger charge is 2.76. The fourth-order valence-electron chi connectivity index (χ4n) is 6.55. The van der Waals surface area contributed by atoms with Crippen molar-refractivity contribution >= 4 is 51.1 Å². The number of unbranched alkanes of at least 4 members (excludes halogenated alkanes) is 2. The molecule has 3 amide bonds. The Morgan fingerprint density at radius 1 is 1.21 bits per heavy atom. The van der Waals surface area contributed by atoms with E-state index in [2.05, 4.69) is 33.5 Å². The number of carbonyl (C=O) groups excluding carboxylic acids is 3. The molecular formula is C29H42BrN3O5S. The Hall–Kier alpha value is -1.78. The van der Waals surface area contributed by atoms with E-state index in [0.29, 0.717) is 25.3 Å². The highest BCUT2D eigenvalue weighted by Crippen LogP contribution is 2.68. The number of carbonyl (C=O) groups is 3. The van der Waals surface area contributed by atoms with Crippen LogP contribution in [0.5, 0.6) is 5.75 Å². The Balaban J connectivity index is 1.66. The van der Waals surface area contributed by atoms with Gasteiger partial charge in [0.2, 0.25) is 17.7 Å². The number of nitrogens with one attached hydrogen (secondary N) is 2. The lowest BCUT2D eigenvalue weighted by atomic mass is 9.70. The Kier molecular flexibility index (Phi) is 9.92. The topological polar surface area (TPSA) is 108 Å². The number of amides is 3. The van der Waals surface area contributed by atoms with E-state index < -0.39 is 28.7 Å². The van der Waals surface area contributed by atoms with Gasteiger partial charge in [-0.2, -0.15) is 0 Å². The molecule has 4 rings (SSSR count). The van der Waals surface area contributed by atoms with Gasteiger partial charge in [0.1, 0.15) is 11.8 Å². The summed E-state index contributed by atoms with van der Waals surface area (Å²) in [6.45, 7) is 8.94. The number of nitrogens with zero attached hydrogens (tertiary/aromatic N) is 1. The molecule has 3 saturated heterocycles. The second-order valence-corrected chi connectivity index (χ2v) is 13.7. The van der Waals surface area contributed by atoms with Crippen LogP contribution in [0.25, 0.3) is 0 Å². The largest absolute Gasteiger partial charge is 0.494 e. The Morgan fingerprint density at radius 3 is 2.54 bits per heavy atom. The third kappa shape index (κ3) is 5.58. The minimum Gasteiger partial charge on any atom is -0.494 e. The Bertz CT molecular complexity index is 1040. The highest BCUT2D eigenvalue weighted by molar-refractivity contribution is 9.09. The first kappa shape index (κ1) is 30.2. The molecule has 1 spiro atoms. The highest BCUT2D eigenvalue weighted by atomic mass is 79.9. The van der Waals surface area contributed by atoms with Crippen LogP contribution in [0, 0.1) is 17.8 Å². The van der Waals surface area contributed by atoms with Crippen molar-refractivity contribution in [1.82, 2.24) is 10.2 Å². The first-order valence-electron chi connectivity index (χ1n) is 14.3. The molecule has 3 N–H and O–H groups in total. The van der Waals surface area contributed by atoms with Crippen molar-refractivity contribution in [2.24, 2.45) is 17.8 Å². The molecule has 0 saturated carbocycles. The van der Waals surface area contributed by atoms with E-state index in [1.807, 2.05) is 32.9 Å². The molecule has 39 heavy (non-hydrogen) atoms. The number of aliphatic hydroxyl groups is 1. The lowest BCUT2D eigenvalue weighted by Gasteiger charge is -2.39. The zero-order valence-corrected chi connectivity index (χ0v) is 25.7. The maximum atomic E-state index is 14.3. The van der Waals surface area contributed by atoms with Crippen LogP contribution < -0.4 is 15.4 Å². The minimum absolute atomic E-state index is 0.00247.